The fourth-order valence-corrected chi connectivity index (χ4v) is 8.77. The number of amides is 1. The highest BCUT2D eigenvalue weighted by Gasteiger charge is 2.51. The highest BCUT2D eigenvalue weighted by atomic mass is 28.4. The summed E-state index contributed by atoms with van der Waals surface area (Å²) in [5, 5.41) is 11.5. The lowest BCUT2D eigenvalue weighted by molar-refractivity contribution is -0.149. The molecule has 1 aliphatic rings. The van der Waals surface area contributed by atoms with Crippen LogP contribution in [-0.4, -0.2) is 56.2 Å². The molecule has 166 valence electrons. The van der Waals surface area contributed by atoms with Crippen LogP contribution in [0, 0.1) is 0 Å². The molecular formula is C24H31NO5Si. The van der Waals surface area contributed by atoms with Crippen molar-refractivity contribution in [3.05, 3.63) is 60.7 Å². The number of carboxylic acids is 1. The quantitative estimate of drug-likeness (QED) is 0.668. The molecule has 1 saturated heterocycles. The molecule has 2 aromatic carbocycles. The molecule has 0 aromatic heterocycles. The van der Waals surface area contributed by atoms with Crippen molar-refractivity contribution in [2.75, 3.05) is 19.7 Å². The molecule has 0 saturated carbocycles. The van der Waals surface area contributed by atoms with Gasteiger partial charge >= 0.3 is 12.1 Å². The van der Waals surface area contributed by atoms with Crippen LogP contribution in [0.5, 0.6) is 0 Å². The topological polar surface area (TPSA) is 76.1 Å². The van der Waals surface area contributed by atoms with Crippen molar-refractivity contribution in [3.8, 4) is 0 Å². The van der Waals surface area contributed by atoms with Crippen LogP contribution in [0.3, 0.4) is 0 Å². The Bertz CT molecular complexity index is 836. The highest BCUT2D eigenvalue weighted by molar-refractivity contribution is 6.99. The summed E-state index contributed by atoms with van der Waals surface area (Å²) < 4.78 is 12.0. The van der Waals surface area contributed by atoms with E-state index in [9.17, 15) is 14.7 Å². The lowest BCUT2D eigenvalue weighted by Gasteiger charge is -2.43. The van der Waals surface area contributed by atoms with E-state index in [1.165, 1.54) is 0 Å². The van der Waals surface area contributed by atoms with Gasteiger partial charge in [0.2, 0.25) is 6.10 Å². The Balaban J connectivity index is 1.94. The molecule has 0 spiro atoms. The monoisotopic (exact) mass is 441 g/mol. The van der Waals surface area contributed by atoms with E-state index in [1.807, 2.05) is 60.7 Å². The maximum absolute atomic E-state index is 12.4. The first-order valence-corrected chi connectivity index (χ1v) is 12.6. The standard InChI is InChI=1S/C24H31NO5Si/c1-24(2,3)31(19-12-6-4-7-13-19,20-14-8-5-9-15-20)29-18-21(22(26)27)30-23(28)25-16-10-11-17-25/h4-9,12-15,21H,10-11,16-18H2,1-3H3,(H,26,27)/t21-/m0/s1. The molecule has 0 unspecified atom stereocenters. The van der Waals surface area contributed by atoms with Crippen LogP contribution in [0.1, 0.15) is 33.6 Å². The summed E-state index contributed by atoms with van der Waals surface area (Å²) in [6.07, 6.45) is -0.137. The zero-order valence-electron chi connectivity index (χ0n) is 18.4. The molecule has 1 atom stereocenters. The third-order valence-electron chi connectivity index (χ3n) is 5.75. The molecule has 0 aliphatic carbocycles. The van der Waals surface area contributed by atoms with Gasteiger partial charge in [-0.25, -0.2) is 9.59 Å². The van der Waals surface area contributed by atoms with Crippen LogP contribution < -0.4 is 10.4 Å². The predicted octanol–water partition coefficient (Wildman–Crippen LogP) is 3.25. The van der Waals surface area contributed by atoms with Gasteiger partial charge in [0.1, 0.15) is 0 Å². The van der Waals surface area contributed by atoms with Crippen molar-refractivity contribution in [3.63, 3.8) is 0 Å². The number of benzene rings is 2. The molecule has 6 nitrogen and oxygen atoms in total. The van der Waals surface area contributed by atoms with Crippen LogP contribution in [0.2, 0.25) is 5.04 Å². The Morgan fingerprint density at radius 2 is 1.45 bits per heavy atom. The number of likely N-dealkylation sites (tertiary alicyclic amines) is 1. The molecule has 0 radical (unpaired) electrons. The number of ether oxygens (including phenoxy) is 1. The first kappa shape index (κ1) is 23.0. The molecular weight excluding hydrogens is 410 g/mol. The van der Waals surface area contributed by atoms with Gasteiger partial charge in [0, 0.05) is 13.1 Å². The molecule has 7 heteroatoms. The van der Waals surface area contributed by atoms with Crippen LogP contribution in [0.25, 0.3) is 0 Å². The summed E-state index contributed by atoms with van der Waals surface area (Å²) in [7, 11) is -2.91. The Morgan fingerprint density at radius 1 is 0.968 bits per heavy atom. The van der Waals surface area contributed by atoms with Crippen molar-refractivity contribution in [1.29, 1.82) is 0 Å². The maximum Gasteiger partial charge on any atom is 0.410 e. The number of nitrogens with zero attached hydrogens (tertiary/aromatic N) is 1. The molecule has 0 bridgehead atoms. The van der Waals surface area contributed by atoms with Crippen LogP contribution in [-0.2, 0) is 14.0 Å². The number of carbonyl (C=O) groups excluding carboxylic acids is 1. The van der Waals surface area contributed by atoms with Crippen molar-refractivity contribution in [2.45, 2.75) is 44.8 Å². The largest absolute Gasteiger partial charge is 0.478 e. The third kappa shape index (κ3) is 4.99. The second-order valence-electron chi connectivity index (χ2n) is 8.88. The SMILES string of the molecule is CC(C)(C)[Si](OC[C@H](OC(=O)N1CCCC1)C(=O)O)(c1ccccc1)c1ccccc1. The van der Waals surface area contributed by atoms with E-state index in [4.69, 9.17) is 9.16 Å². The lowest BCUT2D eigenvalue weighted by Crippen LogP contribution is -2.67. The van der Waals surface area contributed by atoms with E-state index < -0.39 is 26.5 Å². The minimum absolute atomic E-state index is 0.206. The average Bonchev–Trinajstić information content (AvgIpc) is 3.29. The number of hydrogen-bond acceptors (Lipinski definition) is 4. The zero-order chi connectivity index (χ0) is 22.5. The number of hydrogen-bond donors (Lipinski definition) is 1. The van der Waals surface area contributed by atoms with Gasteiger partial charge in [-0.15, -0.1) is 0 Å². The summed E-state index contributed by atoms with van der Waals surface area (Å²) >= 11 is 0. The minimum atomic E-state index is -2.91. The van der Waals surface area contributed by atoms with Gasteiger partial charge in [-0.2, -0.15) is 0 Å². The fraction of sp³-hybridized carbons (Fsp3) is 0.417. The molecule has 1 heterocycles. The smallest absolute Gasteiger partial charge is 0.410 e. The lowest BCUT2D eigenvalue weighted by atomic mass is 10.2. The molecule has 1 amide bonds. The van der Waals surface area contributed by atoms with Crippen LogP contribution >= 0.6 is 0 Å². The predicted molar refractivity (Wildman–Crippen MR) is 122 cm³/mol. The van der Waals surface area contributed by atoms with E-state index in [2.05, 4.69) is 20.8 Å². The molecule has 1 aliphatic heterocycles. The van der Waals surface area contributed by atoms with Gasteiger partial charge in [0.25, 0.3) is 8.32 Å². The number of aliphatic carboxylic acids is 1. The summed E-state index contributed by atoms with van der Waals surface area (Å²) in [5.41, 5.74) is 0. The second kappa shape index (κ2) is 9.66. The minimum Gasteiger partial charge on any atom is -0.478 e. The number of carbonyl (C=O) groups is 2. The Kier molecular flexibility index (Phi) is 7.18. The highest BCUT2D eigenvalue weighted by Crippen LogP contribution is 2.36. The molecule has 1 N–H and O–H groups in total. The van der Waals surface area contributed by atoms with E-state index >= 15 is 0 Å². The Labute approximate surface area is 184 Å². The first-order chi connectivity index (χ1) is 14.8. The third-order valence-corrected chi connectivity index (χ3v) is 10.8. The number of rotatable bonds is 7. The van der Waals surface area contributed by atoms with Crippen molar-refractivity contribution in [2.24, 2.45) is 0 Å². The van der Waals surface area contributed by atoms with Crippen LogP contribution in [0.4, 0.5) is 4.79 Å². The Hall–Kier alpha value is -2.64. The van der Waals surface area contributed by atoms with Crippen LogP contribution in [0.15, 0.2) is 60.7 Å². The van der Waals surface area contributed by atoms with E-state index in [0.717, 1.165) is 23.2 Å². The van der Waals surface area contributed by atoms with Gasteiger partial charge in [-0.05, 0) is 28.3 Å². The van der Waals surface area contributed by atoms with Gasteiger partial charge in [0.15, 0.2) is 0 Å². The molecule has 1 fully saturated rings. The summed E-state index contributed by atoms with van der Waals surface area (Å²) in [6, 6.07) is 19.9. The van der Waals surface area contributed by atoms with E-state index in [-0.39, 0.29) is 11.6 Å². The average molecular weight is 442 g/mol. The van der Waals surface area contributed by atoms with Crippen molar-refractivity contribution in [1.82, 2.24) is 4.90 Å². The Morgan fingerprint density at radius 3 is 1.87 bits per heavy atom. The maximum atomic E-state index is 12.4. The zero-order valence-corrected chi connectivity index (χ0v) is 19.4. The number of carboxylic acid groups (broad SMARTS) is 1. The summed E-state index contributed by atoms with van der Waals surface area (Å²) in [5.74, 6) is -1.20. The molecule has 31 heavy (non-hydrogen) atoms. The van der Waals surface area contributed by atoms with Gasteiger partial charge in [-0.1, -0.05) is 81.4 Å². The van der Waals surface area contributed by atoms with Crippen molar-refractivity contribution < 1.29 is 23.9 Å². The second-order valence-corrected chi connectivity index (χ2v) is 13.2. The van der Waals surface area contributed by atoms with E-state index in [1.54, 1.807) is 4.90 Å². The fourth-order valence-electron chi connectivity index (χ4n) is 4.21. The van der Waals surface area contributed by atoms with E-state index in [0.29, 0.717) is 13.1 Å². The van der Waals surface area contributed by atoms with Crippen molar-refractivity contribution >= 4 is 30.8 Å². The molecule has 3 rings (SSSR count). The van der Waals surface area contributed by atoms with Gasteiger partial charge in [0.05, 0.1) is 6.61 Å². The summed E-state index contributed by atoms with van der Waals surface area (Å²) in [6.45, 7) is 7.34. The molecule has 2 aromatic rings. The van der Waals surface area contributed by atoms with Gasteiger partial charge in [-0.3, -0.25) is 0 Å². The van der Waals surface area contributed by atoms with Gasteiger partial charge < -0.3 is 19.2 Å². The summed E-state index contributed by atoms with van der Waals surface area (Å²) in [4.78, 5) is 25.9. The first-order valence-electron chi connectivity index (χ1n) is 10.7. The normalized spacial score (nSPS) is 15.5.